The predicted molar refractivity (Wildman–Crippen MR) is 109 cm³/mol. The molecule has 2 N–H and O–H groups in total. The fourth-order valence-electron chi connectivity index (χ4n) is 3.41. The van der Waals surface area contributed by atoms with Gasteiger partial charge in [0.25, 0.3) is 5.91 Å². The molecule has 160 valence electrons. The Kier molecular flexibility index (Phi) is 7.62. The number of carbonyl (C=O) groups excluding carboxylic acids is 2. The summed E-state index contributed by atoms with van der Waals surface area (Å²) in [5, 5.41) is 2.60. The van der Waals surface area contributed by atoms with Gasteiger partial charge in [-0.05, 0) is 30.3 Å². The smallest absolute Gasteiger partial charge is 0.258 e. The molecule has 0 radical (unpaired) electrons. The molecule has 8 heteroatoms. The topological polar surface area (TPSA) is 72.3 Å². The molecular weight excluding hydrogens is 389 g/mol. The van der Waals surface area contributed by atoms with Crippen LogP contribution in [0.3, 0.4) is 0 Å². The molecule has 30 heavy (non-hydrogen) atoms. The van der Waals surface area contributed by atoms with Crippen LogP contribution >= 0.6 is 0 Å². The summed E-state index contributed by atoms with van der Waals surface area (Å²) in [6, 6.07) is 13.5. The maximum atomic E-state index is 13.5. The normalized spacial score (nSPS) is 14.3. The highest BCUT2D eigenvalue weighted by Gasteiger charge is 2.24. The number of nitrogens with one attached hydrogen (secondary N) is 2. The molecule has 0 spiro atoms. The van der Waals surface area contributed by atoms with Gasteiger partial charge in [-0.2, -0.15) is 0 Å². The van der Waals surface area contributed by atoms with Crippen LogP contribution in [-0.2, 0) is 16.1 Å². The highest BCUT2D eigenvalue weighted by Crippen LogP contribution is 2.18. The lowest BCUT2D eigenvalue weighted by Crippen LogP contribution is -3.13. The standard InChI is InChI=1S/C22H26FN3O4/c1-29-20-8-7-18(23)13-17(20)15-25-9-11-26(12-10-25)22(28)14-24-21(27)16-30-19-5-3-2-4-6-19/h2-8,13H,9-12,14-16H2,1H3,(H,24,27)/p+1. The zero-order chi connectivity index (χ0) is 21.3. The number of hydrogen-bond donors (Lipinski definition) is 2. The third-order valence-corrected chi connectivity index (χ3v) is 5.06. The van der Waals surface area contributed by atoms with E-state index < -0.39 is 0 Å². The number of rotatable bonds is 8. The number of amides is 2. The molecule has 0 bridgehead atoms. The Morgan fingerprint density at radius 2 is 1.87 bits per heavy atom. The number of hydrogen-bond acceptors (Lipinski definition) is 4. The summed E-state index contributed by atoms with van der Waals surface area (Å²) in [5.41, 5.74) is 0.818. The fourth-order valence-corrected chi connectivity index (χ4v) is 3.41. The lowest BCUT2D eigenvalue weighted by molar-refractivity contribution is -0.917. The quantitative estimate of drug-likeness (QED) is 0.648. The van der Waals surface area contributed by atoms with E-state index in [1.807, 2.05) is 18.2 Å². The van der Waals surface area contributed by atoms with Gasteiger partial charge < -0.3 is 24.6 Å². The molecule has 1 heterocycles. The van der Waals surface area contributed by atoms with E-state index in [0.717, 1.165) is 18.7 Å². The van der Waals surface area contributed by atoms with Gasteiger partial charge in [0.05, 0.1) is 45.4 Å². The lowest BCUT2D eigenvalue weighted by Gasteiger charge is -2.32. The number of benzene rings is 2. The van der Waals surface area contributed by atoms with Crippen molar-refractivity contribution in [2.24, 2.45) is 0 Å². The second-order valence-corrected chi connectivity index (χ2v) is 7.14. The average molecular weight is 416 g/mol. The Labute approximate surface area is 175 Å². The minimum absolute atomic E-state index is 0.0516. The summed E-state index contributed by atoms with van der Waals surface area (Å²) in [6.07, 6.45) is 0. The molecule has 0 unspecified atom stereocenters. The summed E-state index contributed by atoms with van der Waals surface area (Å²) in [7, 11) is 1.57. The first-order chi connectivity index (χ1) is 14.5. The maximum absolute atomic E-state index is 13.5. The molecule has 0 aromatic heterocycles. The predicted octanol–water partition coefficient (Wildman–Crippen LogP) is 0.257. The van der Waals surface area contributed by atoms with Gasteiger partial charge in [0.1, 0.15) is 23.9 Å². The van der Waals surface area contributed by atoms with Crippen LogP contribution in [0.2, 0.25) is 0 Å². The SMILES string of the molecule is COc1ccc(F)cc1C[NH+]1CCN(C(=O)CNC(=O)COc2ccccc2)CC1. The van der Waals surface area contributed by atoms with Crippen LogP contribution in [0.4, 0.5) is 4.39 Å². The zero-order valence-corrected chi connectivity index (χ0v) is 17.0. The van der Waals surface area contributed by atoms with Gasteiger partial charge in [-0.1, -0.05) is 18.2 Å². The van der Waals surface area contributed by atoms with Crippen molar-refractivity contribution in [1.82, 2.24) is 10.2 Å². The molecule has 1 saturated heterocycles. The molecule has 2 aromatic carbocycles. The maximum Gasteiger partial charge on any atom is 0.258 e. The Balaban J connectivity index is 1.39. The van der Waals surface area contributed by atoms with Crippen molar-refractivity contribution in [3.8, 4) is 11.5 Å². The van der Waals surface area contributed by atoms with E-state index in [0.29, 0.717) is 31.1 Å². The van der Waals surface area contributed by atoms with Gasteiger partial charge in [0, 0.05) is 0 Å². The number of quaternary nitrogens is 1. The minimum Gasteiger partial charge on any atom is -0.496 e. The van der Waals surface area contributed by atoms with E-state index in [-0.39, 0.29) is 30.8 Å². The second kappa shape index (κ2) is 10.6. The number of piperazine rings is 1. The molecular formula is C22H27FN3O4+. The summed E-state index contributed by atoms with van der Waals surface area (Å²) in [6.45, 7) is 3.11. The molecule has 7 nitrogen and oxygen atoms in total. The van der Waals surface area contributed by atoms with Gasteiger partial charge in [-0.25, -0.2) is 4.39 Å². The van der Waals surface area contributed by atoms with Crippen LogP contribution in [0, 0.1) is 5.82 Å². The molecule has 1 aliphatic rings. The second-order valence-electron chi connectivity index (χ2n) is 7.14. The fraction of sp³-hybridized carbons (Fsp3) is 0.364. The molecule has 3 rings (SSSR count). The van der Waals surface area contributed by atoms with E-state index in [9.17, 15) is 14.0 Å². The Bertz CT molecular complexity index is 855. The van der Waals surface area contributed by atoms with Gasteiger partial charge in [-0.3, -0.25) is 9.59 Å². The molecule has 0 saturated carbocycles. The van der Waals surface area contributed by atoms with Crippen LogP contribution < -0.4 is 19.7 Å². The van der Waals surface area contributed by atoms with Gasteiger partial charge in [0.15, 0.2) is 6.61 Å². The summed E-state index contributed by atoms with van der Waals surface area (Å²) < 4.78 is 24.2. The molecule has 1 aliphatic heterocycles. The minimum atomic E-state index is -0.338. The Morgan fingerprint density at radius 3 is 2.57 bits per heavy atom. The first-order valence-electron chi connectivity index (χ1n) is 9.93. The van der Waals surface area contributed by atoms with Crippen LogP contribution in [-0.4, -0.2) is 63.2 Å². The molecule has 2 aromatic rings. The van der Waals surface area contributed by atoms with Crippen molar-refractivity contribution in [2.75, 3.05) is 46.4 Å². The van der Waals surface area contributed by atoms with Crippen molar-refractivity contribution in [1.29, 1.82) is 0 Å². The van der Waals surface area contributed by atoms with Crippen molar-refractivity contribution in [3.63, 3.8) is 0 Å². The summed E-state index contributed by atoms with van der Waals surface area (Å²) >= 11 is 0. The van der Waals surface area contributed by atoms with Crippen molar-refractivity contribution >= 4 is 11.8 Å². The van der Waals surface area contributed by atoms with E-state index in [2.05, 4.69) is 5.32 Å². The number of carbonyl (C=O) groups is 2. The third kappa shape index (κ3) is 6.18. The summed E-state index contributed by atoms with van der Waals surface area (Å²) in [4.78, 5) is 27.3. The van der Waals surface area contributed by atoms with Gasteiger partial charge in [-0.15, -0.1) is 0 Å². The molecule has 0 aliphatic carbocycles. The van der Waals surface area contributed by atoms with E-state index >= 15 is 0 Å². The first-order valence-corrected chi connectivity index (χ1v) is 9.93. The molecule has 1 fully saturated rings. The molecule has 2 amide bonds. The lowest BCUT2D eigenvalue weighted by atomic mass is 10.1. The highest BCUT2D eigenvalue weighted by atomic mass is 19.1. The Morgan fingerprint density at radius 1 is 1.13 bits per heavy atom. The number of para-hydroxylation sites is 1. The van der Waals surface area contributed by atoms with Crippen molar-refractivity contribution in [2.45, 2.75) is 6.54 Å². The van der Waals surface area contributed by atoms with Crippen molar-refractivity contribution < 1.29 is 28.4 Å². The zero-order valence-electron chi connectivity index (χ0n) is 17.0. The number of methoxy groups -OCH3 is 1. The first kappa shape index (κ1) is 21.6. The van der Waals surface area contributed by atoms with E-state index in [4.69, 9.17) is 9.47 Å². The van der Waals surface area contributed by atoms with Crippen LogP contribution in [0.1, 0.15) is 5.56 Å². The van der Waals surface area contributed by atoms with Gasteiger partial charge in [0.2, 0.25) is 5.91 Å². The number of nitrogens with zero attached hydrogens (tertiary/aromatic N) is 1. The third-order valence-electron chi connectivity index (χ3n) is 5.06. The van der Waals surface area contributed by atoms with Gasteiger partial charge >= 0.3 is 0 Å². The monoisotopic (exact) mass is 416 g/mol. The molecule has 0 atom stereocenters. The highest BCUT2D eigenvalue weighted by molar-refractivity contribution is 5.85. The largest absolute Gasteiger partial charge is 0.496 e. The van der Waals surface area contributed by atoms with E-state index in [1.165, 1.54) is 17.0 Å². The number of ether oxygens (including phenoxy) is 2. The summed E-state index contributed by atoms with van der Waals surface area (Å²) in [5.74, 6) is 0.530. The van der Waals surface area contributed by atoms with Crippen molar-refractivity contribution in [3.05, 3.63) is 59.9 Å². The Hall–Kier alpha value is -3.13. The average Bonchev–Trinajstić information content (AvgIpc) is 2.77. The van der Waals surface area contributed by atoms with Crippen LogP contribution in [0.15, 0.2) is 48.5 Å². The van der Waals surface area contributed by atoms with Crippen LogP contribution in [0.25, 0.3) is 0 Å². The van der Waals surface area contributed by atoms with E-state index in [1.54, 1.807) is 30.2 Å². The van der Waals surface area contributed by atoms with Crippen LogP contribution in [0.5, 0.6) is 11.5 Å². The number of halogens is 1.